The van der Waals surface area contributed by atoms with Crippen molar-refractivity contribution in [2.24, 2.45) is 0 Å². The molecule has 0 saturated heterocycles. The Kier molecular flexibility index (Phi) is 7.33. The van der Waals surface area contributed by atoms with Gasteiger partial charge in [-0.1, -0.05) is 0 Å². The van der Waals surface area contributed by atoms with Crippen LogP contribution in [-0.2, 0) is 9.53 Å². The van der Waals surface area contributed by atoms with E-state index in [-0.39, 0.29) is 18.4 Å². The third-order valence-electron chi connectivity index (χ3n) is 2.32. The highest BCUT2D eigenvalue weighted by Crippen LogP contribution is 1.98. The SMILES string of the molecule is CCOC(=O)CCN(C)C(=O)N(CC)CC. The molecule has 94 valence electrons. The second kappa shape index (κ2) is 7.96. The van der Waals surface area contributed by atoms with Gasteiger partial charge >= 0.3 is 12.0 Å². The number of urea groups is 1. The van der Waals surface area contributed by atoms with E-state index in [2.05, 4.69) is 0 Å². The number of nitrogens with zero attached hydrogens (tertiary/aromatic N) is 2. The first kappa shape index (κ1) is 14.7. The summed E-state index contributed by atoms with van der Waals surface area (Å²) in [6.45, 7) is 7.77. The van der Waals surface area contributed by atoms with Crippen LogP contribution < -0.4 is 0 Å². The van der Waals surface area contributed by atoms with Crippen LogP contribution in [0.25, 0.3) is 0 Å². The highest BCUT2D eigenvalue weighted by Gasteiger charge is 2.15. The summed E-state index contributed by atoms with van der Waals surface area (Å²) in [6.07, 6.45) is 0.247. The summed E-state index contributed by atoms with van der Waals surface area (Å²) >= 11 is 0. The average molecular weight is 230 g/mol. The van der Waals surface area contributed by atoms with Crippen LogP contribution >= 0.6 is 0 Å². The molecule has 0 spiro atoms. The Morgan fingerprint density at radius 2 is 1.69 bits per heavy atom. The molecule has 0 aromatic carbocycles. The Balaban J connectivity index is 4.00. The highest BCUT2D eigenvalue weighted by molar-refractivity contribution is 5.75. The molecule has 0 radical (unpaired) electrons. The van der Waals surface area contributed by atoms with E-state index in [0.717, 1.165) is 0 Å². The Hall–Kier alpha value is -1.26. The van der Waals surface area contributed by atoms with Crippen LogP contribution in [-0.4, -0.2) is 55.1 Å². The number of carbonyl (C=O) groups is 2. The number of rotatable bonds is 6. The topological polar surface area (TPSA) is 49.9 Å². The summed E-state index contributed by atoms with van der Waals surface area (Å²) in [6, 6.07) is -0.0469. The van der Waals surface area contributed by atoms with E-state index in [1.807, 2.05) is 13.8 Å². The van der Waals surface area contributed by atoms with E-state index in [1.165, 1.54) is 0 Å². The van der Waals surface area contributed by atoms with Crippen LogP contribution in [0.3, 0.4) is 0 Å². The Labute approximate surface area is 97.3 Å². The summed E-state index contributed by atoms with van der Waals surface area (Å²) in [5, 5.41) is 0. The van der Waals surface area contributed by atoms with Gasteiger partial charge in [0.1, 0.15) is 0 Å². The van der Waals surface area contributed by atoms with Crippen molar-refractivity contribution in [3.63, 3.8) is 0 Å². The van der Waals surface area contributed by atoms with E-state index in [9.17, 15) is 9.59 Å². The zero-order chi connectivity index (χ0) is 12.6. The summed E-state index contributed by atoms with van der Waals surface area (Å²) in [7, 11) is 1.69. The lowest BCUT2D eigenvalue weighted by molar-refractivity contribution is -0.143. The minimum atomic E-state index is -0.262. The van der Waals surface area contributed by atoms with E-state index in [0.29, 0.717) is 26.2 Å². The average Bonchev–Trinajstić information content (AvgIpc) is 2.27. The van der Waals surface area contributed by atoms with Crippen molar-refractivity contribution >= 4 is 12.0 Å². The molecule has 0 N–H and O–H groups in total. The zero-order valence-electron chi connectivity index (χ0n) is 10.7. The summed E-state index contributed by atoms with van der Waals surface area (Å²) in [5.41, 5.74) is 0. The molecular formula is C11H22N2O3. The second-order valence-electron chi connectivity index (χ2n) is 3.43. The molecule has 0 unspecified atom stereocenters. The number of ether oxygens (including phenoxy) is 1. The predicted octanol–water partition coefficient (Wildman–Crippen LogP) is 1.33. The predicted molar refractivity (Wildman–Crippen MR) is 62.2 cm³/mol. The quantitative estimate of drug-likeness (QED) is 0.647. The van der Waals surface area contributed by atoms with Gasteiger partial charge < -0.3 is 14.5 Å². The first-order chi connectivity index (χ1) is 7.56. The zero-order valence-corrected chi connectivity index (χ0v) is 10.7. The molecule has 2 amide bonds. The van der Waals surface area contributed by atoms with Crippen LogP contribution in [0.1, 0.15) is 27.2 Å². The summed E-state index contributed by atoms with van der Waals surface area (Å²) in [5.74, 6) is -0.262. The minimum absolute atomic E-state index is 0.0469. The monoisotopic (exact) mass is 230 g/mol. The van der Waals surface area contributed by atoms with Gasteiger partial charge in [0.2, 0.25) is 0 Å². The van der Waals surface area contributed by atoms with Gasteiger partial charge in [0.05, 0.1) is 13.0 Å². The molecule has 5 heteroatoms. The summed E-state index contributed by atoms with van der Waals surface area (Å²) < 4.78 is 4.79. The van der Waals surface area contributed by atoms with Gasteiger partial charge in [-0.15, -0.1) is 0 Å². The molecule has 16 heavy (non-hydrogen) atoms. The van der Waals surface area contributed by atoms with Crippen molar-refractivity contribution < 1.29 is 14.3 Å². The van der Waals surface area contributed by atoms with Gasteiger partial charge in [-0.2, -0.15) is 0 Å². The fourth-order valence-corrected chi connectivity index (χ4v) is 1.32. The second-order valence-corrected chi connectivity index (χ2v) is 3.43. The fraction of sp³-hybridized carbons (Fsp3) is 0.818. The van der Waals surface area contributed by atoms with Crippen molar-refractivity contribution in [1.29, 1.82) is 0 Å². The molecule has 0 heterocycles. The Bertz CT molecular complexity index is 227. The largest absolute Gasteiger partial charge is 0.466 e. The van der Waals surface area contributed by atoms with Crippen molar-refractivity contribution in [3.05, 3.63) is 0 Å². The smallest absolute Gasteiger partial charge is 0.319 e. The van der Waals surface area contributed by atoms with Crippen molar-refractivity contribution in [2.75, 3.05) is 33.3 Å². The maximum Gasteiger partial charge on any atom is 0.319 e. The number of amides is 2. The van der Waals surface area contributed by atoms with Crippen LogP contribution in [0.5, 0.6) is 0 Å². The van der Waals surface area contributed by atoms with Crippen molar-refractivity contribution in [2.45, 2.75) is 27.2 Å². The van der Waals surface area contributed by atoms with Crippen molar-refractivity contribution in [1.82, 2.24) is 9.80 Å². The number of esters is 1. The third-order valence-corrected chi connectivity index (χ3v) is 2.32. The minimum Gasteiger partial charge on any atom is -0.466 e. The molecule has 5 nitrogen and oxygen atoms in total. The maximum absolute atomic E-state index is 11.8. The molecule has 0 aliphatic heterocycles. The van der Waals surface area contributed by atoms with Crippen LogP contribution in [0, 0.1) is 0 Å². The van der Waals surface area contributed by atoms with Gasteiger partial charge in [0.25, 0.3) is 0 Å². The molecule has 0 bridgehead atoms. The molecule has 0 aromatic rings. The lowest BCUT2D eigenvalue weighted by Crippen LogP contribution is -2.41. The molecule has 0 aromatic heterocycles. The molecular weight excluding hydrogens is 208 g/mol. The first-order valence-electron chi connectivity index (χ1n) is 5.72. The molecule has 0 aliphatic rings. The normalized spacial score (nSPS) is 9.75. The molecule has 0 rings (SSSR count). The number of hydrogen-bond donors (Lipinski definition) is 0. The van der Waals surface area contributed by atoms with Gasteiger partial charge in [-0.25, -0.2) is 4.79 Å². The van der Waals surface area contributed by atoms with Gasteiger partial charge in [0, 0.05) is 26.7 Å². The fourth-order valence-electron chi connectivity index (χ4n) is 1.32. The van der Waals surface area contributed by atoms with Gasteiger partial charge in [-0.05, 0) is 20.8 Å². The highest BCUT2D eigenvalue weighted by atomic mass is 16.5. The van der Waals surface area contributed by atoms with E-state index in [4.69, 9.17) is 4.74 Å². The van der Waals surface area contributed by atoms with Crippen LogP contribution in [0.4, 0.5) is 4.79 Å². The molecule has 0 saturated carbocycles. The summed E-state index contributed by atoms with van der Waals surface area (Å²) in [4.78, 5) is 26.1. The Morgan fingerprint density at radius 3 is 2.12 bits per heavy atom. The van der Waals surface area contributed by atoms with Gasteiger partial charge in [-0.3, -0.25) is 4.79 Å². The number of hydrogen-bond acceptors (Lipinski definition) is 3. The Morgan fingerprint density at radius 1 is 1.12 bits per heavy atom. The van der Waals surface area contributed by atoms with Crippen LogP contribution in [0.15, 0.2) is 0 Å². The van der Waals surface area contributed by atoms with E-state index < -0.39 is 0 Å². The van der Waals surface area contributed by atoms with Crippen molar-refractivity contribution in [3.8, 4) is 0 Å². The standard InChI is InChI=1S/C11H22N2O3/c1-5-13(6-2)11(15)12(4)9-8-10(14)16-7-3/h5-9H2,1-4H3. The van der Waals surface area contributed by atoms with E-state index in [1.54, 1.807) is 23.8 Å². The lowest BCUT2D eigenvalue weighted by Gasteiger charge is -2.25. The molecule has 0 aliphatic carbocycles. The van der Waals surface area contributed by atoms with E-state index >= 15 is 0 Å². The van der Waals surface area contributed by atoms with Gasteiger partial charge in [0.15, 0.2) is 0 Å². The number of carbonyl (C=O) groups excluding carboxylic acids is 2. The third kappa shape index (κ3) is 5.00. The maximum atomic E-state index is 11.8. The molecule has 0 fully saturated rings. The lowest BCUT2D eigenvalue weighted by atomic mass is 10.4. The molecule has 0 atom stereocenters. The van der Waals surface area contributed by atoms with Crippen LogP contribution in [0.2, 0.25) is 0 Å². The first-order valence-corrected chi connectivity index (χ1v) is 5.72.